The fraction of sp³-hybridized carbons (Fsp3) is 0.500. The van der Waals surface area contributed by atoms with E-state index in [1.807, 2.05) is 45.9 Å². The Hall–Kier alpha value is -1.35. The number of rotatable bonds is 4. The molecular formula is C14H21NO2. The molecule has 0 saturated carbocycles. The third-order valence-corrected chi connectivity index (χ3v) is 2.88. The molecule has 0 saturated heterocycles. The van der Waals surface area contributed by atoms with Gasteiger partial charge in [0.2, 0.25) is 0 Å². The lowest BCUT2D eigenvalue weighted by molar-refractivity contribution is 0.0871. The van der Waals surface area contributed by atoms with Crippen molar-refractivity contribution < 1.29 is 9.90 Å². The predicted molar refractivity (Wildman–Crippen MR) is 69.1 cm³/mol. The van der Waals surface area contributed by atoms with Gasteiger partial charge in [0.25, 0.3) is 5.91 Å². The first-order valence-corrected chi connectivity index (χ1v) is 5.95. The number of hydrogen-bond donors (Lipinski definition) is 2. The minimum Gasteiger partial charge on any atom is -0.391 e. The van der Waals surface area contributed by atoms with Crippen LogP contribution in [0.1, 0.15) is 35.3 Å². The molecule has 0 aromatic heterocycles. The molecule has 2 N–H and O–H groups in total. The van der Waals surface area contributed by atoms with Crippen molar-refractivity contribution in [3.63, 3.8) is 0 Å². The van der Waals surface area contributed by atoms with Crippen molar-refractivity contribution in [3.05, 3.63) is 34.9 Å². The Morgan fingerprint density at radius 2 is 2.00 bits per heavy atom. The molecule has 3 heteroatoms. The third-order valence-electron chi connectivity index (χ3n) is 2.88. The number of aliphatic hydroxyl groups is 1. The zero-order valence-electron chi connectivity index (χ0n) is 10.9. The van der Waals surface area contributed by atoms with Crippen molar-refractivity contribution in [1.82, 2.24) is 5.32 Å². The van der Waals surface area contributed by atoms with E-state index in [-0.39, 0.29) is 11.8 Å². The highest BCUT2D eigenvalue weighted by atomic mass is 16.3. The van der Waals surface area contributed by atoms with Crippen LogP contribution in [0.15, 0.2) is 18.2 Å². The monoisotopic (exact) mass is 235 g/mol. The van der Waals surface area contributed by atoms with Crippen LogP contribution in [-0.2, 0) is 0 Å². The van der Waals surface area contributed by atoms with Crippen LogP contribution in [-0.4, -0.2) is 23.7 Å². The average molecular weight is 235 g/mol. The molecule has 1 unspecified atom stereocenters. The van der Waals surface area contributed by atoms with Crippen molar-refractivity contribution in [3.8, 4) is 0 Å². The van der Waals surface area contributed by atoms with E-state index in [1.54, 1.807) is 0 Å². The van der Waals surface area contributed by atoms with Gasteiger partial charge in [0.1, 0.15) is 0 Å². The lowest BCUT2D eigenvalue weighted by atomic mass is 10.0. The van der Waals surface area contributed by atoms with E-state index in [2.05, 4.69) is 5.32 Å². The highest BCUT2D eigenvalue weighted by Crippen LogP contribution is 2.10. The maximum absolute atomic E-state index is 11.9. The number of amides is 1. The van der Waals surface area contributed by atoms with Crippen LogP contribution in [0.2, 0.25) is 0 Å². The van der Waals surface area contributed by atoms with Gasteiger partial charge >= 0.3 is 0 Å². The molecule has 1 amide bonds. The number of nitrogens with one attached hydrogen (secondary N) is 1. The molecule has 0 radical (unpaired) electrons. The van der Waals surface area contributed by atoms with Gasteiger partial charge in [-0.25, -0.2) is 0 Å². The zero-order chi connectivity index (χ0) is 13.0. The highest BCUT2D eigenvalue weighted by molar-refractivity contribution is 5.95. The molecule has 0 spiro atoms. The number of hydrogen-bond acceptors (Lipinski definition) is 2. The van der Waals surface area contributed by atoms with Crippen LogP contribution in [0.3, 0.4) is 0 Å². The Kier molecular flexibility index (Phi) is 4.70. The van der Waals surface area contributed by atoms with Gasteiger partial charge in [-0.05, 0) is 31.4 Å². The molecule has 94 valence electrons. The van der Waals surface area contributed by atoms with Crippen molar-refractivity contribution in [2.45, 2.75) is 33.8 Å². The van der Waals surface area contributed by atoms with E-state index in [9.17, 15) is 9.90 Å². The van der Waals surface area contributed by atoms with Gasteiger partial charge in [-0.3, -0.25) is 4.79 Å². The summed E-state index contributed by atoms with van der Waals surface area (Å²) in [7, 11) is 0. The first-order chi connectivity index (χ1) is 7.91. The Balaban J connectivity index is 2.67. The predicted octanol–water partition coefficient (Wildman–Crippen LogP) is 2.05. The molecular weight excluding hydrogens is 214 g/mol. The molecule has 1 rings (SSSR count). The SMILES string of the molecule is Cc1ccc(C)c(C(=O)NCC(O)C(C)C)c1. The van der Waals surface area contributed by atoms with E-state index in [0.717, 1.165) is 11.1 Å². The molecule has 1 aromatic carbocycles. The van der Waals surface area contributed by atoms with Gasteiger partial charge in [0.05, 0.1) is 6.10 Å². The Labute approximate surface area is 103 Å². The number of aryl methyl sites for hydroxylation is 2. The normalized spacial score (nSPS) is 12.6. The second-order valence-corrected chi connectivity index (χ2v) is 4.84. The Morgan fingerprint density at radius 3 is 2.59 bits per heavy atom. The van der Waals surface area contributed by atoms with Gasteiger partial charge < -0.3 is 10.4 Å². The minimum atomic E-state index is -0.496. The number of aliphatic hydroxyl groups excluding tert-OH is 1. The quantitative estimate of drug-likeness (QED) is 0.839. The van der Waals surface area contributed by atoms with Gasteiger partial charge in [-0.15, -0.1) is 0 Å². The summed E-state index contributed by atoms with van der Waals surface area (Å²) in [6.45, 7) is 8.01. The molecule has 1 atom stereocenters. The van der Waals surface area contributed by atoms with Crippen LogP contribution in [0.5, 0.6) is 0 Å². The van der Waals surface area contributed by atoms with E-state index in [1.165, 1.54) is 0 Å². The van der Waals surface area contributed by atoms with Gasteiger partial charge in [0.15, 0.2) is 0 Å². The fourth-order valence-corrected chi connectivity index (χ4v) is 1.51. The van der Waals surface area contributed by atoms with E-state index >= 15 is 0 Å². The Bertz CT molecular complexity index is 399. The van der Waals surface area contributed by atoms with Crippen molar-refractivity contribution >= 4 is 5.91 Å². The summed E-state index contributed by atoms with van der Waals surface area (Å²) in [4.78, 5) is 11.9. The summed E-state index contributed by atoms with van der Waals surface area (Å²) < 4.78 is 0. The van der Waals surface area contributed by atoms with Crippen LogP contribution < -0.4 is 5.32 Å². The molecule has 0 bridgehead atoms. The summed E-state index contributed by atoms with van der Waals surface area (Å²) >= 11 is 0. The zero-order valence-corrected chi connectivity index (χ0v) is 10.9. The minimum absolute atomic E-state index is 0.120. The van der Waals surface area contributed by atoms with Crippen molar-refractivity contribution in [1.29, 1.82) is 0 Å². The molecule has 0 fully saturated rings. The standard InChI is InChI=1S/C14H21NO2/c1-9(2)13(16)8-15-14(17)12-7-10(3)5-6-11(12)4/h5-7,9,13,16H,8H2,1-4H3,(H,15,17). The number of benzene rings is 1. The second-order valence-electron chi connectivity index (χ2n) is 4.84. The lowest BCUT2D eigenvalue weighted by Gasteiger charge is -2.15. The summed E-state index contributed by atoms with van der Waals surface area (Å²) in [6, 6.07) is 5.78. The lowest BCUT2D eigenvalue weighted by Crippen LogP contribution is -2.35. The summed E-state index contributed by atoms with van der Waals surface area (Å²) in [5, 5.41) is 12.4. The molecule has 17 heavy (non-hydrogen) atoms. The fourth-order valence-electron chi connectivity index (χ4n) is 1.51. The molecule has 3 nitrogen and oxygen atoms in total. The van der Waals surface area contributed by atoms with Gasteiger partial charge in [-0.1, -0.05) is 31.5 Å². The maximum Gasteiger partial charge on any atom is 0.251 e. The van der Waals surface area contributed by atoms with Crippen LogP contribution in [0.25, 0.3) is 0 Å². The van der Waals surface area contributed by atoms with Crippen molar-refractivity contribution in [2.75, 3.05) is 6.54 Å². The van der Waals surface area contributed by atoms with Crippen LogP contribution >= 0.6 is 0 Å². The first-order valence-electron chi connectivity index (χ1n) is 5.95. The topological polar surface area (TPSA) is 49.3 Å². The molecule has 0 aliphatic carbocycles. The van der Waals surface area contributed by atoms with Crippen LogP contribution in [0.4, 0.5) is 0 Å². The summed E-state index contributed by atoms with van der Waals surface area (Å²) in [5.41, 5.74) is 2.69. The summed E-state index contributed by atoms with van der Waals surface area (Å²) in [5.74, 6) is 0.0276. The van der Waals surface area contributed by atoms with E-state index in [0.29, 0.717) is 12.1 Å². The molecule has 1 aromatic rings. The average Bonchev–Trinajstić information content (AvgIpc) is 2.28. The van der Waals surface area contributed by atoms with Crippen LogP contribution in [0, 0.1) is 19.8 Å². The maximum atomic E-state index is 11.9. The van der Waals surface area contributed by atoms with E-state index in [4.69, 9.17) is 0 Å². The number of carbonyl (C=O) groups excluding carboxylic acids is 1. The smallest absolute Gasteiger partial charge is 0.251 e. The van der Waals surface area contributed by atoms with E-state index < -0.39 is 6.10 Å². The molecule has 0 heterocycles. The molecule has 0 aliphatic rings. The first kappa shape index (κ1) is 13.7. The molecule has 0 aliphatic heterocycles. The second kappa shape index (κ2) is 5.82. The van der Waals surface area contributed by atoms with Gasteiger partial charge in [-0.2, -0.15) is 0 Å². The Morgan fingerprint density at radius 1 is 1.35 bits per heavy atom. The van der Waals surface area contributed by atoms with Crippen molar-refractivity contribution in [2.24, 2.45) is 5.92 Å². The highest BCUT2D eigenvalue weighted by Gasteiger charge is 2.13. The largest absolute Gasteiger partial charge is 0.391 e. The summed E-state index contributed by atoms with van der Waals surface area (Å²) in [6.07, 6.45) is -0.496. The third kappa shape index (κ3) is 3.86. The number of carbonyl (C=O) groups is 1. The van der Waals surface area contributed by atoms with Gasteiger partial charge in [0, 0.05) is 12.1 Å².